The molecule has 4 aromatic rings. The first-order chi connectivity index (χ1) is 15.5. The Morgan fingerprint density at radius 1 is 0.875 bits per heavy atom. The molecule has 32 heavy (non-hydrogen) atoms. The number of benzene rings is 3. The molecule has 0 spiro atoms. The minimum Gasteiger partial charge on any atom is -0.322 e. The Labute approximate surface area is 190 Å². The van der Waals surface area contributed by atoms with Crippen molar-refractivity contribution < 1.29 is 13.2 Å². The number of nitrogens with one attached hydrogen (secondary N) is 2. The molecule has 0 saturated heterocycles. The number of carbonyl (C=O) groups excluding carboxylic acids is 1. The van der Waals surface area contributed by atoms with Crippen molar-refractivity contribution in [1.82, 2.24) is 4.98 Å². The molecule has 8 heteroatoms. The van der Waals surface area contributed by atoms with Gasteiger partial charge in [-0.2, -0.15) is 0 Å². The maximum absolute atomic E-state index is 13.1. The lowest BCUT2D eigenvalue weighted by Gasteiger charge is -2.11. The summed E-state index contributed by atoms with van der Waals surface area (Å²) in [5.74, 6) is -0.295. The molecule has 3 aromatic carbocycles. The highest BCUT2D eigenvalue weighted by Gasteiger charge is 2.17. The molecule has 160 valence electrons. The van der Waals surface area contributed by atoms with Gasteiger partial charge in [-0.15, -0.1) is 11.3 Å². The first kappa shape index (κ1) is 21.5. The zero-order chi connectivity index (χ0) is 22.4. The number of nitrogens with zero attached hydrogens (tertiary/aromatic N) is 1. The van der Waals surface area contributed by atoms with Crippen LogP contribution in [0.5, 0.6) is 0 Å². The quantitative estimate of drug-likeness (QED) is 0.295. The molecule has 0 unspecified atom stereocenters. The maximum Gasteiger partial charge on any atom is 0.263 e. The molecule has 0 fully saturated rings. The number of sulfonamides is 1. The van der Waals surface area contributed by atoms with Gasteiger partial charge in [-0.25, -0.2) is 13.4 Å². The molecule has 0 saturated carbocycles. The molecule has 1 aromatic heterocycles. The molecule has 0 atom stereocenters. The minimum absolute atomic E-state index is 0.0776. The predicted molar refractivity (Wildman–Crippen MR) is 129 cm³/mol. The number of hydrogen-bond donors (Lipinski definition) is 2. The Bertz CT molecular complexity index is 1320. The standard InChI is InChI=1S/C24H19N3O3S2/c28-23(22(19-9-5-2-6-10-19)17-18-7-3-1-4-8-18)26-20-11-13-21(14-12-20)32(29,30)27-24-25-15-16-31-24/h1-17H,(H,25,27)(H,26,28). The fraction of sp³-hybridized carbons (Fsp3) is 0. The highest BCUT2D eigenvalue weighted by atomic mass is 32.2. The van der Waals surface area contributed by atoms with Crippen LogP contribution in [0.1, 0.15) is 11.1 Å². The second-order valence-electron chi connectivity index (χ2n) is 6.76. The molecule has 6 nitrogen and oxygen atoms in total. The molecular weight excluding hydrogens is 442 g/mol. The summed E-state index contributed by atoms with van der Waals surface area (Å²) < 4.78 is 27.4. The van der Waals surface area contributed by atoms with E-state index >= 15 is 0 Å². The Kier molecular flexibility index (Phi) is 6.44. The Morgan fingerprint density at radius 2 is 1.53 bits per heavy atom. The first-order valence-electron chi connectivity index (χ1n) is 9.67. The number of anilines is 2. The SMILES string of the molecule is O=C(Nc1ccc(S(=O)(=O)Nc2nccs2)cc1)C(=Cc1ccccc1)c1ccccc1. The van der Waals surface area contributed by atoms with Crippen LogP contribution in [-0.2, 0) is 14.8 Å². The van der Waals surface area contributed by atoms with Gasteiger partial charge in [-0.1, -0.05) is 60.7 Å². The normalized spacial score (nSPS) is 11.7. The van der Waals surface area contributed by atoms with E-state index in [0.717, 1.165) is 11.1 Å². The van der Waals surface area contributed by atoms with E-state index in [1.807, 2.05) is 66.7 Å². The van der Waals surface area contributed by atoms with Crippen LogP contribution in [0.15, 0.2) is 101 Å². The van der Waals surface area contributed by atoms with Gasteiger partial charge in [0.2, 0.25) is 0 Å². The average Bonchev–Trinajstić information content (AvgIpc) is 3.31. The second kappa shape index (κ2) is 9.59. The van der Waals surface area contributed by atoms with E-state index in [4.69, 9.17) is 0 Å². The molecule has 0 bridgehead atoms. The number of hydrogen-bond acceptors (Lipinski definition) is 5. The molecule has 1 heterocycles. The lowest BCUT2D eigenvalue weighted by Crippen LogP contribution is -2.15. The van der Waals surface area contributed by atoms with Crippen molar-refractivity contribution in [1.29, 1.82) is 0 Å². The Hall–Kier alpha value is -3.75. The summed E-state index contributed by atoms with van der Waals surface area (Å²) in [5, 5.41) is 4.83. The summed E-state index contributed by atoms with van der Waals surface area (Å²) in [7, 11) is -3.75. The van der Waals surface area contributed by atoms with E-state index in [2.05, 4.69) is 15.0 Å². The van der Waals surface area contributed by atoms with Crippen molar-refractivity contribution in [2.24, 2.45) is 0 Å². The van der Waals surface area contributed by atoms with Crippen molar-refractivity contribution in [2.45, 2.75) is 4.90 Å². The molecule has 0 aliphatic heterocycles. The third-order valence-corrected chi connectivity index (χ3v) is 6.69. The van der Waals surface area contributed by atoms with E-state index in [1.165, 1.54) is 29.7 Å². The molecule has 4 rings (SSSR count). The zero-order valence-electron chi connectivity index (χ0n) is 16.8. The van der Waals surface area contributed by atoms with Crippen LogP contribution in [0.3, 0.4) is 0 Å². The van der Waals surface area contributed by atoms with Crippen molar-refractivity contribution in [3.63, 3.8) is 0 Å². The van der Waals surface area contributed by atoms with Gasteiger partial charge >= 0.3 is 0 Å². The van der Waals surface area contributed by atoms with Crippen LogP contribution >= 0.6 is 11.3 Å². The number of carbonyl (C=O) groups is 1. The lowest BCUT2D eigenvalue weighted by molar-refractivity contribution is -0.111. The van der Waals surface area contributed by atoms with Crippen molar-refractivity contribution in [2.75, 3.05) is 10.0 Å². The number of thiazole rings is 1. The largest absolute Gasteiger partial charge is 0.322 e. The smallest absolute Gasteiger partial charge is 0.263 e. The fourth-order valence-electron chi connectivity index (χ4n) is 2.98. The number of aromatic nitrogens is 1. The average molecular weight is 462 g/mol. The van der Waals surface area contributed by atoms with Crippen molar-refractivity contribution in [3.8, 4) is 0 Å². The van der Waals surface area contributed by atoms with E-state index in [0.29, 0.717) is 16.4 Å². The Morgan fingerprint density at radius 3 is 2.16 bits per heavy atom. The summed E-state index contributed by atoms with van der Waals surface area (Å²) in [6.07, 6.45) is 3.34. The highest BCUT2D eigenvalue weighted by Crippen LogP contribution is 2.23. The third-order valence-electron chi connectivity index (χ3n) is 4.52. The van der Waals surface area contributed by atoms with Gasteiger partial charge in [0, 0.05) is 22.8 Å². The zero-order valence-corrected chi connectivity index (χ0v) is 18.4. The van der Waals surface area contributed by atoms with Gasteiger partial charge in [0.05, 0.1) is 4.90 Å². The lowest BCUT2D eigenvalue weighted by atomic mass is 10.0. The molecule has 0 radical (unpaired) electrons. The van der Waals surface area contributed by atoms with Crippen LogP contribution in [0.4, 0.5) is 10.8 Å². The summed E-state index contributed by atoms with van der Waals surface area (Å²) in [6.45, 7) is 0. The van der Waals surface area contributed by atoms with E-state index < -0.39 is 10.0 Å². The molecular formula is C24H19N3O3S2. The van der Waals surface area contributed by atoms with Gasteiger partial charge in [-0.05, 0) is 41.5 Å². The molecule has 2 N–H and O–H groups in total. The Balaban J connectivity index is 1.55. The third kappa shape index (κ3) is 5.29. The maximum atomic E-state index is 13.1. The van der Waals surface area contributed by atoms with Crippen LogP contribution in [0.2, 0.25) is 0 Å². The first-order valence-corrected chi connectivity index (χ1v) is 12.0. The number of amides is 1. The summed E-state index contributed by atoms with van der Waals surface area (Å²) >= 11 is 1.19. The van der Waals surface area contributed by atoms with Gasteiger partial charge < -0.3 is 5.32 Å². The van der Waals surface area contributed by atoms with Crippen molar-refractivity contribution >= 4 is 49.7 Å². The predicted octanol–water partition coefficient (Wildman–Crippen LogP) is 5.12. The topological polar surface area (TPSA) is 88.2 Å². The van der Waals surface area contributed by atoms with Crippen LogP contribution in [0, 0.1) is 0 Å². The van der Waals surface area contributed by atoms with Gasteiger partial charge in [0.1, 0.15) is 0 Å². The molecule has 0 aliphatic rings. The number of rotatable bonds is 7. The fourth-order valence-corrected chi connectivity index (χ4v) is 4.77. The summed E-state index contributed by atoms with van der Waals surface area (Å²) in [5.41, 5.74) is 2.66. The minimum atomic E-state index is -3.75. The van der Waals surface area contributed by atoms with E-state index in [-0.39, 0.29) is 10.8 Å². The molecule has 0 aliphatic carbocycles. The van der Waals surface area contributed by atoms with Crippen molar-refractivity contribution in [3.05, 3.63) is 108 Å². The van der Waals surface area contributed by atoms with Gasteiger partial charge in [-0.3, -0.25) is 9.52 Å². The summed E-state index contributed by atoms with van der Waals surface area (Å²) in [4.78, 5) is 17.1. The summed E-state index contributed by atoms with van der Waals surface area (Å²) in [6, 6.07) is 24.9. The van der Waals surface area contributed by atoms with Crippen LogP contribution in [0.25, 0.3) is 11.6 Å². The second-order valence-corrected chi connectivity index (χ2v) is 9.33. The van der Waals surface area contributed by atoms with Gasteiger partial charge in [0.25, 0.3) is 15.9 Å². The van der Waals surface area contributed by atoms with Crippen LogP contribution in [-0.4, -0.2) is 19.3 Å². The van der Waals surface area contributed by atoms with Gasteiger partial charge in [0.15, 0.2) is 5.13 Å². The van der Waals surface area contributed by atoms with Crippen LogP contribution < -0.4 is 10.0 Å². The molecule has 1 amide bonds. The highest BCUT2D eigenvalue weighted by molar-refractivity contribution is 7.93. The monoisotopic (exact) mass is 461 g/mol. The van der Waals surface area contributed by atoms with E-state index in [9.17, 15) is 13.2 Å². The van der Waals surface area contributed by atoms with E-state index in [1.54, 1.807) is 17.5 Å².